The van der Waals surface area contributed by atoms with Crippen molar-refractivity contribution in [2.75, 3.05) is 23.5 Å². The molecule has 0 radical (unpaired) electrons. The van der Waals surface area contributed by atoms with E-state index < -0.39 is 56.8 Å². The van der Waals surface area contributed by atoms with E-state index in [4.69, 9.17) is 21.6 Å². The summed E-state index contributed by atoms with van der Waals surface area (Å²) in [6.07, 6.45) is -14.9. The molecule has 2 amide bonds. The van der Waals surface area contributed by atoms with Gasteiger partial charge in [-0.3, -0.25) is 14.5 Å². The average molecular weight is 725 g/mol. The highest BCUT2D eigenvalue weighted by Gasteiger charge is 2.73. The first-order valence-corrected chi connectivity index (χ1v) is 13.8. The average Bonchev–Trinajstić information content (AvgIpc) is 2.96. The van der Waals surface area contributed by atoms with Crippen molar-refractivity contribution in [3.05, 3.63) is 86.3 Å². The summed E-state index contributed by atoms with van der Waals surface area (Å²) < 4.78 is 99.9. The molecule has 0 aliphatic rings. The first-order chi connectivity index (χ1) is 20.8. The van der Waals surface area contributed by atoms with Crippen LogP contribution in [0.3, 0.4) is 0 Å². The molecule has 0 saturated heterocycles. The number of hydrogen-bond acceptors (Lipinski definition) is 5. The number of hydrogen-bond donors (Lipinski definition) is 1. The van der Waals surface area contributed by atoms with Crippen molar-refractivity contribution >= 4 is 50.7 Å². The van der Waals surface area contributed by atoms with Crippen LogP contribution in [0.4, 0.5) is 42.1 Å². The zero-order valence-electron chi connectivity index (χ0n) is 23.4. The van der Waals surface area contributed by atoms with E-state index >= 15 is 0 Å². The number of alkyl halides is 7. The molecule has 0 aliphatic carbocycles. The van der Waals surface area contributed by atoms with Crippen LogP contribution in [-0.4, -0.2) is 42.9 Å². The highest BCUT2D eigenvalue weighted by Crippen LogP contribution is 2.55. The predicted molar refractivity (Wildman–Crippen MR) is 154 cm³/mol. The fourth-order valence-electron chi connectivity index (χ4n) is 4.52. The smallest absolute Gasteiger partial charge is 0.435 e. The predicted octanol–water partition coefficient (Wildman–Crippen LogP) is 7.98. The minimum atomic E-state index is -6.43. The lowest BCUT2D eigenvalue weighted by Crippen LogP contribution is -2.50. The number of nitriles is 1. The fourth-order valence-corrected chi connectivity index (χ4v) is 5.60. The molecule has 3 rings (SSSR count). The lowest BCUT2D eigenvalue weighted by atomic mass is 9.93. The minimum absolute atomic E-state index is 0.0635. The summed E-state index contributed by atoms with van der Waals surface area (Å²) in [6.45, 7) is 2.64. The maximum Gasteiger partial charge on any atom is 0.435 e. The van der Waals surface area contributed by atoms with Gasteiger partial charge in [0.1, 0.15) is 5.75 Å². The van der Waals surface area contributed by atoms with Crippen molar-refractivity contribution in [2.24, 2.45) is 0 Å². The number of benzene rings is 3. The molecule has 3 aromatic rings. The lowest BCUT2D eigenvalue weighted by molar-refractivity contribution is -0.348. The summed E-state index contributed by atoms with van der Waals surface area (Å²) in [4.78, 5) is 28.0. The van der Waals surface area contributed by atoms with Crippen molar-refractivity contribution in [2.45, 2.75) is 38.1 Å². The minimum Gasteiger partial charge on any atom is -0.494 e. The molecule has 1 N–H and O–H groups in total. The number of carbonyl (C=O) groups is 2. The molecule has 7 nitrogen and oxygen atoms in total. The molecule has 0 heterocycles. The van der Waals surface area contributed by atoms with Crippen LogP contribution in [0.25, 0.3) is 0 Å². The van der Waals surface area contributed by atoms with Gasteiger partial charge in [-0.05, 0) is 65.3 Å². The van der Waals surface area contributed by atoms with Crippen molar-refractivity contribution in [3.8, 4) is 11.8 Å². The molecular weight excluding hydrogens is 703 g/mol. The zero-order chi connectivity index (χ0) is 34.1. The Kier molecular flexibility index (Phi) is 10.5. The van der Waals surface area contributed by atoms with E-state index in [0.717, 1.165) is 6.92 Å². The van der Waals surface area contributed by atoms with E-state index in [2.05, 4.69) is 15.9 Å². The quantitative estimate of drug-likeness (QED) is 0.188. The van der Waals surface area contributed by atoms with Crippen molar-refractivity contribution < 1.29 is 50.2 Å². The number of nitrogens with zero attached hydrogens (tertiary/aromatic N) is 3. The topological polar surface area (TPSA) is 93.9 Å². The van der Waals surface area contributed by atoms with Crippen molar-refractivity contribution in [3.63, 3.8) is 0 Å². The van der Waals surface area contributed by atoms with Gasteiger partial charge in [0.05, 0.1) is 35.1 Å². The normalized spacial score (nSPS) is 12.7. The molecule has 0 aliphatic heterocycles. The third-order valence-corrected chi connectivity index (χ3v) is 7.53. The number of carbonyl (C=O) groups excluding carboxylic acids is 2. The molecule has 0 spiro atoms. The highest BCUT2D eigenvalue weighted by atomic mass is 79.9. The molecule has 45 heavy (non-hydrogen) atoms. The number of aliphatic hydroxyl groups excluding tert-OH is 1. The van der Waals surface area contributed by atoms with E-state index in [1.54, 1.807) is 6.92 Å². The molecule has 0 fully saturated rings. The van der Waals surface area contributed by atoms with Crippen molar-refractivity contribution in [1.82, 2.24) is 0 Å². The Hall–Kier alpha value is -3.87. The summed E-state index contributed by atoms with van der Waals surface area (Å²) >= 11 is 8.86. The monoisotopic (exact) mass is 723 g/mol. The molecule has 3 aromatic carbocycles. The van der Waals surface area contributed by atoms with Gasteiger partial charge >= 0.3 is 18.0 Å². The van der Waals surface area contributed by atoms with Crippen LogP contribution in [0.15, 0.2) is 59.1 Å². The van der Waals surface area contributed by atoms with Crippen LogP contribution in [0.2, 0.25) is 5.02 Å². The molecule has 1 atom stereocenters. The maximum atomic E-state index is 14.8. The summed E-state index contributed by atoms with van der Waals surface area (Å²) in [7, 11) is 1.19. The molecular formula is C29H22BrClF7N3O4. The first kappa shape index (κ1) is 35.6. The second kappa shape index (κ2) is 13.2. The standard InChI is InChI=1S/C29H22BrClF7N3O4/c1-4-40(25(43)17-10-8-16(14-39)9-11-17)22-7-5-6-19(24(22)45-3)26(44)41(15(2)42)23-20(30)12-18(13-21(23)31)27(32,28(33,34)35)29(36,37)38/h5-13,26,44H,4H2,1-3H3. The first-order valence-electron chi connectivity index (χ1n) is 12.6. The largest absolute Gasteiger partial charge is 0.494 e. The maximum absolute atomic E-state index is 14.8. The zero-order valence-corrected chi connectivity index (χ0v) is 25.7. The second-order valence-electron chi connectivity index (χ2n) is 9.34. The Balaban J connectivity index is 2.16. The summed E-state index contributed by atoms with van der Waals surface area (Å²) in [5.74, 6) is -1.63. The van der Waals surface area contributed by atoms with Gasteiger partial charge in [0, 0.05) is 34.6 Å². The van der Waals surface area contributed by atoms with E-state index in [-0.39, 0.29) is 41.2 Å². The number of para-hydroxylation sites is 1. The van der Waals surface area contributed by atoms with Crippen LogP contribution >= 0.6 is 27.5 Å². The highest BCUT2D eigenvalue weighted by molar-refractivity contribution is 9.10. The molecule has 0 saturated carbocycles. The van der Waals surface area contributed by atoms with Gasteiger partial charge in [0.25, 0.3) is 5.91 Å². The Bertz CT molecular complexity index is 1610. The SMILES string of the molecule is CCN(C(=O)c1ccc(C#N)cc1)c1cccc(C(O)N(C(C)=O)c2c(Cl)cc(C(F)(C(F)(F)F)C(F)(F)F)cc2Br)c1OC. The third-order valence-electron chi connectivity index (χ3n) is 6.64. The fraction of sp³-hybridized carbons (Fsp3) is 0.276. The van der Waals surface area contributed by atoms with Gasteiger partial charge in [-0.15, -0.1) is 0 Å². The van der Waals surface area contributed by atoms with Gasteiger partial charge < -0.3 is 14.7 Å². The Morgan fingerprint density at radius 2 is 1.62 bits per heavy atom. The molecule has 0 aromatic heterocycles. The molecule has 1 unspecified atom stereocenters. The second-order valence-corrected chi connectivity index (χ2v) is 10.6. The summed E-state index contributed by atoms with van der Waals surface area (Å²) in [5, 5.41) is 19.5. The lowest BCUT2D eigenvalue weighted by Gasteiger charge is -2.33. The molecule has 0 bridgehead atoms. The number of anilines is 2. The Labute approximate surface area is 265 Å². The Morgan fingerprint density at radius 1 is 1.04 bits per heavy atom. The number of halogens is 9. The van der Waals surface area contributed by atoms with Gasteiger partial charge in [0.2, 0.25) is 5.91 Å². The van der Waals surface area contributed by atoms with E-state index in [9.17, 15) is 45.4 Å². The van der Waals surface area contributed by atoms with Gasteiger partial charge in [-0.25, -0.2) is 4.39 Å². The number of aliphatic hydroxyl groups is 1. The number of rotatable bonds is 8. The summed E-state index contributed by atoms with van der Waals surface area (Å²) in [5.41, 5.74) is -7.84. The van der Waals surface area contributed by atoms with Crippen LogP contribution < -0.4 is 14.5 Å². The van der Waals surface area contributed by atoms with Crippen LogP contribution in [0.5, 0.6) is 5.75 Å². The van der Waals surface area contributed by atoms with E-state index in [1.165, 1.54) is 54.5 Å². The van der Waals surface area contributed by atoms with Crippen LogP contribution in [0, 0.1) is 11.3 Å². The van der Waals surface area contributed by atoms with E-state index in [0.29, 0.717) is 10.5 Å². The number of ether oxygens (including phenoxy) is 1. The Morgan fingerprint density at radius 3 is 2.07 bits per heavy atom. The number of amides is 2. The third kappa shape index (κ3) is 6.58. The van der Waals surface area contributed by atoms with Crippen molar-refractivity contribution in [1.29, 1.82) is 5.26 Å². The van der Waals surface area contributed by atoms with Gasteiger partial charge in [0.15, 0.2) is 6.23 Å². The van der Waals surface area contributed by atoms with Gasteiger partial charge in [-0.1, -0.05) is 23.7 Å². The molecule has 240 valence electrons. The number of methoxy groups -OCH3 is 1. The van der Waals surface area contributed by atoms with Gasteiger partial charge in [-0.2, -0.15) is 31.6 Å². The van der Waals surface area contributed by atoms with Crippen LogP contribution in [0.1, 0.15) is 47.1 Å². The molecule has 16 heteroatoms. The van der Waals surface area contributed by atoms with E-state index in [1.807, 2.05) is 6.07 Å². The van der Waals surface area contributed by atoms with Crippen LogP contribution in [-0.2, 0) is 10.5 Å². The summed E-state index contributed by atoms with van der Waals surface area (Å²) in [6, 6.07) is 12.0.